The molecule has 0 aliphatic rings. The van der Waals surface area contributed by atoms with Gasteiger partial charge < -0.3 is 10.4 Å². The predicted molar refractivity (Wildman–Crippen MR) is 75.7 cm³/mol. The molecule has 0 aromatic heterocycles. The van der Waals surface area contributed by atoms with E-state index in [9.17, 15) is 9.18 Å². The fraction of sp³-hybridized carbons (Fsp3) is 0.357. The Labute approximate surface area is 116 Å². The molecule has 0 radical (unpaired) electrons. The molecule has 0 aliphatic carbocycles. The minimum Gasteiger partial charge on any atom is -0.384 e. The lowest BCUT2D eigenvalue weighted by atomic mass is 10.1. The van der Waals surface area contributed by atoms with Crippen molar-refractivity contribution >= 4 is 17.7 Å². The Bertz CT molecular complexity index is 494. The van der Waals surface area contributed by atoms with Crippen LogP contribution in [-0.2, 0) is 0 Å². The molecule has 5 heteroatoms. The monoisotopic (exact) mass is 281 g/mol. The summed E-state index contributed by atoms with van der Waals surface area (Å²) in [6.45, 7) is 0.249. The molecule has 0 heterocycles. The zero-order valence-electron chi connectivity index (χ0n) is 10.7. The van der Waals surface area contributed by atoms with Gasteiger partial charge in [0.1, 0.15) is 12.4 Å². The highest BCUT2D eigenvalue weighted by Gasteiger charge is 2.11. The van der Waals surface area contributed by atoms with E-state index in [1.54, 1.807) is 11.8 Å². The Hall–Kier alpha value is -1.51. The molecule has 19 heavy (non-hydrogen) atoms. The molecule has 1 aromatic rings. The molecule has 2 N–H and O–H groups in total. The highest BCUT2D eigenvalue weighted by Crippen LogP contribution is 2.10. The third-order valence-electron chi connectivity index (χ3n) is 2.33. The number of benzene rings is 1. The highest BCUT2D eigenvalue weighted by molar-refractivity contribution is 7.98. The second-order valence-electron chi connectivity index (χ2n) is 3.76. The molecule has 102 valence electrons. The van der Waals surface area contributed by atoms with Crippen LogP contribution in [0.15, 0.2) is 18.2 Å². The molecule has 0 fully saturated rings. The third kappa shape index (κ3) is 5.33. The van der Waals surface area contributed by atoms with E-state index in [0.29, 0.717) is 12.1 Å². The first-order valence-corrected chi connectivity index (χ1v) is 7.25. The zero-order chi connectivity index (χ0) is 14.1. The van der Waals surface area contributed by atoms with Crippen molar-refractivity contribution in [3.63, 3.8) is 0 Å². The summed E-state index contributed by atoms with van der Waals surface area (Å²) in [7, 11) is 0. The number of amides is 1. The van der Waals surface area contributed by atoms with Crippen molar-refractivity contribution in [1.82, 2.24) is 5.32 Å². The molecular formula is C14H16FNO2S. The number of aliphatic hydroxyl groups excluding tert-OH is 1. The van der Waals surface area contributed by atoms with Gasteiger partial charge in [-0.1, -0.05) is 11.8 Å². The van der Waals surface area contributed by atoms with Crippen LogP contribution in [0.1, 0.15) is 22.3 Å². The second kappa shape index (κ2) is 8.57. The van der Waals surface area contributed by atoms with Gasteiger partial charge in [0.15, 0.2) is 0 Å². The highest BCUT2D eigenvalue weighted by atomic mass is 32.2. The minimum absolute atomic E-state index is 0.0195. The first kappa shape index (κ1) is 15.5. The SMILES string of the molecule is CSCCCNC(=O)c1cc(C#CCO)ccc1F. The van der Waals surface area contributed by atoms with E-state index in [4.69, 9.17) is 5.11 Å². The summed E-state index contributed by atoms with van der Waals surface area (Å²) in [6.07, 6.45) is 2.84. The third-order valence-corrected chi connectivity index (χ3v) is 3.03. The number of rotatable bonds is 5. The van der Waals surface area contributed by atoms with E-state index in [-0.39, 0.29) is 12.2 Å². The van der Waals surface area contributed by atoms with Crippen molar-refractivity contribution in [2.24, 2.45) is 0 Å². The number of aliphatic hydroxyl groups is 1. The van der Waals surface area contributed by atoms with Gasteiger partial charge in [-0.15, -0.1) is 0 Å². The number of carbonyl (C=O) groups excluding carboxylic acids is 1. The van der Waals surface area contributed by atoms with E-state index in [0.717, 1.165) is 12.2 Å². The van der Waals surface area contributed by atoms with Crippen molar-refractivity contribution in [1.29, 1.82) is 0 Å². The topological polar surface area (TPSA) is 49.3 Å². The van der Waals surface area contributed by atoms with Crippen molar-refractivity contribution in [3.8, 4) is 11.8 Å². The number of hydrogen-bond donors (Lipinski definition) is 2. The quantitative estimate of drug-likeness (QED) is 0.637. The van der Waals surface area contributed by atoms with Gasteiger partial charge in [0.2, 0.25) is 0 Å². The molecule has 3 nitrogen and oxygen atoms in total. The van der Waals surface area contributed by atoms with Gasteiger partial charge in [0.05, 0.1) is 5.56 Å². The normalized spacial score (nSPS) is 9.63. The van der Waals surface area contributed by atoms with Crippen LogP contribution in [0.4, 0.5) is 4.39 Å². The second-order valence-corrected chi connectivity index (χ2v) is 4.74. The fourth-order valence-corrected chi connectivity index (χ4v) is 1.87. The maximum absolute atomic E-state index is 13.6. The fourth-order valence-electron chi connectivity index (χ4n) is 1.43. The predicted octanol–water partition coefficient (Wildman–Crippen LogP) is 1.65. The Morgan fingerprint density at radius 3 is 3.00 bits per heavy atom. The minimum atomic E-state index is -0.572. The number of nitrogens with one attached hydrogen (secondary N) is 1. The maximum atomic E-state index is 13.6. The van der Waals surface area contributed by atoms with E-state index >= 15 is 0 Å². The first-order chi connectivity index (χ1) is 9.19. The van der Waals surface area contributed by atoms with Crippen LogP contribution in [0.3, 0.4) is 0 Å². The number of carbonyl (C=O) groups is 1. The Morgan fingerprint density at radius 2 is 2.32 bits per heavy atom. The van der Waals surface area contributed by atoms with Crippen LogP contribution in [0, 0.1) is 17.7 Å². The Balaban J connectivity index is 2.72. The van der Waals surface area contributed by atoms with Crippen molar-refractivity contribution in [3.05, 3.63) is 35.1 Å². The van der Waals surface area contributed by atoms with E-state index in [1.165, 1.54) is 18.2 Å². The van der Waals surface area contributed by atoms with Crippen LogP contribution in [0.25, 0.3) is 0 Å². The molecular weight excluding hydrogens is 265 g/mol. The molecule has 0 spiro atoms. The van der Waals surface area contributed by atoms with E-state index < -0.39 is 11.7 Å². The molecule has 1 amide bonds. The van der Waals surface area contributed by atoms with Crippen LogP contribution in [-0.4, -0.2) is 36.2 Å². The summed E-state index contributed by atoms with van der Waals surface area (Å²) in [4.78, 5) is 11.8. The summed E-state index contributed by atoms with van der Waals surface area (Å²) in [5.74, 6) is 5.04. The van der Waals surface area contributed by atoms with Gasteiger partial charge in [0.25, 0.3) is 5.91 Å². The number of halogens is 1. The largest absolute Gasteiger partial charge is 0.384 e. The summed E-state index contributed by atoms with van der Waals surface area (Å²) in [6, 6.07) is 4.07. The van der Waals surface area contributed by atoms with Gasteiger partial charge in [0, 0.05) is 12.1 Å². The van der Waals surface area contributed by atoms with Gasteiger partial charge in [-0.05, 0) is 36.6 Å². The van der Waals surface area contributed by atoms with Gasteiger partial charge in [-0.2, -0.15) is 11.8 Å². The van der Waals surface area contributed by atoms with Gasteiger partial charge >= 0.3 is 0 Å². The zero-order valence-corrected chi connectivity index (χ0v) is 11.5. The molecule has 0 bridgehead atoms. The summed E-state index contributed by atoms with van der Waals surface area (Å²) in [5, 5.41) is 11.3. The van der Waals surface area contributed by atoms with Crippen molar-refractivity contribution in [2.75, 3.05) is 25.2 Å². The standard InChI is InChI=1S/C14H16FNO2S/c1-19-9-3-7-16-14(18)12-10-11(4-2-8-17)5-6-13(12)15/h5-6,10,17H,3,7-9H2,1H3,(H,16,18). The molecule has 0 unspecified atom stereocenters. The lowest BCUT2D eigenvalue weighted by Crippen LogP contribution is -2.25. The molecule has 1 aromatic carbocycles. The molecule has 0 aliphatic heterocycles. The summed E-state index contributed by atoms with van der Waals surface area (Å²) < 4.78 is 13.6. The van der Waals surface area contributed by atoms with Crippen LogP contribution < -0.4 is 5.32 Å². The molecule has 0 saturated carbocycles. The Morgan fingerprint density at radius 1 is 1.53 bits per heavy atom. The van der Waals surface area contributed by atoms with Crippen molar-refractivity contribution < 1.29 is 14.3 Å². The van der Waals surface area contributed by atoms with E-state index in [2.05, 4.69) is 17.2 Å². The maximum Gasteiger partial charge on any atom is 0.254 e. The average molecular weight is 281 g/mol. The van der Waals surface area contributed by atoms with Crippen molar-refractivity contribution in [2.45, 2.75) is 6.42 Å². The smallest absolute Gasteiger partial charge is 0.254 e. The lowest BCUT2D eigenvalue weighted by Gasteiger charge is -2.06. The summed E-state index contributed by atoms with van der Waals surface area (Å²) in [5.41, 5.74) is 0.485. The number of hydrogen-bond acceptors (Lipinski definition) is 3. The van der Waals surface area contributed by atoms with Crippen LogP contribution in [0.2, 0.25) is 0 Å². The van der Waals surface area contributed by atoms with Gasteiger partial charge in [-0.25, -0.2) is 4.39 Å². The summed E-state index contributed by atoms with van der Waals surface area (Å²) >= 11 is 1.70. The molecule has 0 atom stereocenters. The molecule has 0 saturated heterocycles. The average Bonchev–Trinajstić information content (AvgIpc) is 2.42. The Kier molecular flexibility index (Phi) is 7.01. The molecule has 1 rings (SSSR count). The first-order valence-electron chi connectivity index (χ1n) is 5.85. The van der Waals surface area contributed by atoms with Crippen LogP contribution >= 0.6 is 11.8 Å². The number of thioether (sulfide) groups is 1. The lowest BCUT2D eigenvalue weighted by molar-refractivity contribution is 0.0949. The van der Waals surface area contributed by atoms with Crippen LogP contribution in [0.5, 0.6) is 0 Å². The van der Waals surface area contributed by atoms with E-state index in [1.807, 2.05) is 6.26 Å². The van der Waals surface area contributed by atoms with Gasteiger partial charge in [-0.3, -0.25) is 4.79 Å².